The summed E-state index contributed by atoms with van der Waals surface area (Å²) in [5.74, 6) is -0.314. The topological polar surface area (TPSA) is 35.9 Å². The van der Waals surface area contributed by atoms with Crippen molar-refractivity contribution >= 4 is 11.6 Å². The Morgan fingerprint density at radius 1 is 1.13 bits per heavy atom. The first-order valence-electron chi connectivity index (χ1n) is 11.4. The maximum atomic E-state index is 14.0. The molecule has 0 spiro atoms. The Hall–Kier alpha value is -2.53. The zero-order valence-electron chi connectivity index (χ0n) is 18.8. The van der Waals surface area contributed by atoms with Crippen molar-refractivity contribution in [1.82, 2.24) is 9.91 Å². The van der Waals surface area contributed by atoms with Crippen molar-refractivity contribution in [2.24, 2.45) is 5.10 Å². The van der Waals surface area contributed by atoms with E-state index in [2.05, 4.69) is 36.9 Å². The molecule has 2 aromatic carbocycles. The molecule has 0 N–H and O–H groups in total. The molecule has 0 radical (unpaired) electrons. The molecular weight excluding hydrogens is 389 g/mol. The van der Waals surface area contributed by atoms with Crippen LogP contribution in [0.1, 0.15) is 66.8 Å². The van der Waals surface area contributed by atoms with E-state index in [1.807, 2.05) is 13.1 Å². The van der Waals surface area contributed by atoms with Crippen LogP contribution in [0.3, 0.4) is 0 Å². The van der Waals surface area contributed by atoms with Gasteiger partial charge in [-0.1, -0.05) is 55.2 Å². The molecule has 1 atom stereocenters. The average molecular weight is 422 g/mol. The molecule has 1 fully saturated rings. The summed E-state index contributed by atoms with van der Waals surface area (Å²) in [4.78, 5) is 15.5. The monoisotopic (exact) mass is 421 g/mol. The molecule has 0 bridgehead atoms. The smallest absolute Gasteiger partial charge is 0.257 e. The van der Waals surface area contributed by atoms with Crippen LogP contribution in [-0.2, 0) is 4.79 Å². The van der Waals surface area contributed by atoms with Crippen LogP contribution in [0.25, 0.3) is 0 Å². The Balaban J connectivity index is 1.61. The highest BCUT2D eigenvalue weighted by Crippen LogP contribution is 2.34. The van der Waals surface area contributed by atoms with Gasteiger partial charge in [-0.05, 0) is 57.0 Å². The van der Waals surface area contributed by atoms with Gasteiger partial charge in [-0.25, -0.2) is 9.40 Å². The van der Waals surface area contributed by atoms with Crippen LogP contribution in [0.4, 0.5) is 4.39 Å². The van der Waals surface area contributed by atoms with E-state index in [0.29, 0.717) is 19.0 Å². The predicted molar refractivity (Wildman–Crippen MR) is 123 cm³/mol. The van der Waals surface area contributed by atoms with E-state index < -0.39 is 0 Å². The molecule has 1 heterocycles. The summed E-state index contributed by atoms with van der Waals surface area (Å²) in [5, 5.41) is 6.39. The normalized spacial score (nSPS) is 19.7. The van der Waals surface area contributed by atoms with Gasteiger partial charge in [0.25, 0.3) is 5.91 Å². The van der Waals surface area contributed by atoms with Crippen molar-refractivity contribution < 1.29 is 9.18 Å². The molecule has 0 aromatic heterocycles. The first kappa shape index (κ1) is 21.7. The Morgan fingerprint density at radius 3 is 2.61 bits per heavy atom. The molecular formula is C26H32FN3O. The van der Waals surface area contributed by atoms with Crippen LogP contribution in [0.5, 0.6) is 0 Å². The van der Waals surface area contributed by atoms with Gasteiger partial charge in [-0.15, -0.1) is 0 Å². The van der Waals surface area contributed by atoms with E-state index in [1.54, 1.807) is 11.1 Å². The Bertz CT molecular complexity index is 980. The maximum Gasteiger partial charge on any atom is 0.257 e. The molecule has 4 rings (SSSR count). The highest BCUT2D eigenvalue weighted by atomic mass is 19.1. The number of hydrogen-bond acceptors (Lipinski definition) is 3. The van der Waals surface area contributed by atoms with Gasteiger partial charge < -0.3 is 0 Å². The summed E-state index contributed by atoms with van der Waals surface area (Å²) in [5.41, 5.74) is 5.08. The second-order valence-corrected chi connectivity index (χ2v) is 9.09. The van der Waals surface area contributed by atoms with E-state index in [4.69, 9.17) is 5.10 Å². The lowest BCUT2D eigenvalue weighted by molar-refractivity contribution is -0.134. The molecule has 5 heteroatoms. The molecule has 1 saturated carbocycles. The van der Waals surface area contributed by atoms with Gasteiger partial charge in [-0.3, -0.25) is 9.69 Å². The van der Waals surface area contributed by atoms with Crippen molar-refractivity contribution in [2.75, 3.05) is 13.6 Å². The lowest BCUT2D eigenvalue weighted by atomic mass is 9.94. The number of nitrogens with zero attached hydrogens (tertiary/aromatic N) is 3. The highest BCUT2D eigenvalue weighted by Gasteiger charge is 2.34. The third-order valence-electron chi connectivity index (χ3n) is 6.67. The van der Waals surface area contributed by atoms with Crippen LogP contribution in [-0.4, -0.2) is 41.2 Å². The van der Waals surface area contributed by atoms with E-state index in [9.17, 15) is 9.18 Å². The average Bonchev–Trinajstić information content (AvgIpc) is 3.19. The second kappa shape index (κ2) is 9.31. The number of hydrazone groups is 1. The quantitative estimate of drug-likeness (QED) is 0.649. The SMILES string of the molecule is Cc1ccc(C2=NN(C(=O)CN(C)C3CCCCC3)[C@H](c3cccc(F)c3)C2)c(C)c1. The first-order chi connectivity index (χ1) is 14.9. The number of benzene rings is 2. The molecule has 1 aliphatic heterocycles. The van der Waals surface area contributed by atoms with Gasteiger partial charge in [-0.2, -0.15) is 5.10 Å². The molecule has 2 aromatic rings. The second-order valence-electron chi connectivity index (χ2n) is 9.09. The van der Waals surface area contributed by atoms with Crippen molar-refractivity contribution in [3.8, 4) is 0 Å². The largest absolute Gasteiger partial charge is 0.295 e. The Morgan fingerprint density at radius 2 is 1.90 bits per heavy atom. The lowest BCUT2D eigenvalue weighted by Gasteiger charge is -2.32. The standard InChI is InChI=1S/C26H32FN3O/c1-18-12-13-23(19(2)14-18)24-16-25(20-8-7-9-21(27)15-20)30(28-24)26(31)17-29(3)22-10-5-4-6-11-22/h7-9,12-15,22,25H,4-6,10-11,16-17H2,1-3H3/t25-/m0/s1. The fraction of sp³-hybridized carbons (Fsp3) is 0.462. The summed E-state index contributed by atoms with van der Waals surface area (Å²) >= 11 is 0. The lowest BCUT2D eigenvalue weighted by Crippen LogP contribution is -2.42. The van der Waals surface area contributed by atoms with Crippen LogP contribution in [0.2, 0.25) is 0 Å². The van der Waals surface area contributed by atoms with E-state index >= 15 is 0 Å². The minimum Gasteiger partial charge on any atom is -0.295 e. The van der Waals surface area contributed by atoms with Gasteiger partial charge >= 0.3 is 0 Å². The molecule has 1 amide bonds. The minimum absolute atomic E-state index is 0.0258. The number of amides is 1. The van der Waals surface area contributed by atoms with Crippen LogP contribution >= 0.6 is 0 Å². The van der Waals surface area contributed by atoms with Gasteiger partial charge in [0, 0.05) is 18.0 Å². The van der Waals surface area contributed by atoms with Crippen molar-refractivity contribution in [2.45, 2.75) is 64.5 Å². The van der Waals surface area contributed by atoms with Crippen LogP contribution < -0.4 is 0 Å². The molecule has 1 aliphatic carbocycles. The number of hydrogen-bond donors (Lipinski definition) is 0. The predicted octanol–water partition coefficient (Wildman–Crippen LogP) is 5.38. The summed E-state index contributed by atoms with van der Waals surface area (Å²) in [7, 11) is 2.04. The maximum absolute atomic E-state index is 14.0. The summed E-state index contributed by atoms with van der Waals surface area (Å²) < 4.78 is 14.0. The van der Waals surface area contributed by atoms with E-state index in [-0.39, 0.29) is 17.8 Å². The minimum atomic E-state index is -0.288. The number of halogens is 1. The van der Waals surface area contributed by atoms with Gasteiger partial charge in [0.15, 0.2) is 0 Å². The number of rotatable bonds is 5. The Kier molecular flexibility index (Phi) is 6.51. The number of aryl methyl sites for hydroxylation is 2. The molecule has 2 aliphatic rings. The molecule has 31 heavy (non-hydrogen) atoms. The highest BCUT2D eigenvalue weighted by molar-refractivity contribution is 6.04. The Labute approximate surface area is 184 Å². The summed E-state index contributed by atoms with van der Waals surface area (Å²) in [6.45, 7) is 4.48. The number of carbonyl (C=O) groups excluding carboxylic acids is 1. The number of carbonyl (C=O) groups is 1. The van der Waals surface area contributed by atoms with Crippen LogP contribution in [0.15, 0.2) is 47.6 Å². The molecule has 164 valence electrons. The molecule has 0 unspecified atom stereocenters. The number of likely N-dealkylation sites (N-methyl/N-ethyl adjacent to an activating group) is 1. The van der Waals surface area contributed by atoms with E-state index in [1.165, 1.54) is 37.0 Å². The fourth-order valence-corrected chi connectivity index (χ4v) is 4.95. The van der Waals surface area contributed by atoms with Crippen LogP contribution in [0, 0.1) is 19.7 Å². The van der Waals surface area contributed by atoms with Gasteiger partial charge in [0.05, 0.1) is 18.3 Å². The molecule has 4 nitrogen and oxygen atoms in total. The third kappa shape index (κ3) is 4.87. The van der Waals surface area contributed by atoms with Crippen molar-refractivity contribution in [1.29, 1.82) is 0 Å². The van der Waals surface area contributed by atoms with Gasteiger partial charge in [0.1, 0.15) is 5.82 Å². The zero-order valence-corrected chi connectivity index (χ0v) is 18.8. The third-order valence-corrected chi connectivity index (χ3v) is 6.67. The first-order valence-corrected chi connectivity index (χ1v) is 11.4. The summed E-state index contributed by atoms with van der Waals surface area (Å²) in [6, 6.07) is 13.0. The summed E-state index contributed by atoms with van der Waals surface area (Å²) in [6.07, 6.45) is 6.63. The fourth-order valence-electron chi connectivity index (χ4n) is 4.95. The van der Waals surface area contributed by atoms with Crippen molar-refractivity contribution in [3.63, 3.8) is 0 Å². The zero-order chi connectivity index (χ0) is 22.0. The molecule has 0 saturated heterocycles. The van der Waals surface area contributed by atoms with E-state index in [0.717, 1.165) is 35.2 Å². The van der Waals surface area contributed by atoms with Crippen molar-refractivity contribution in [3.05, 3.63) is 70.5 Å². The van der Waals surface area contributed by atoms with Gasteiger partial charge in [0.2, 0.25) is 0 Å².